The molecule has 136 valence electrons. The van der Waals surface area contributed by atoms with Crippen LogP contribution in [0.4, 0.5) is 5.69 Å². The van der Waals surface area contributed by atoms with E-state index in [1.807, 2.05) is 0 Å². The average Bonchev–Trinajstić information content (AvgIpc) is 2.56. The predicted molar refractivity (Wildman–Crippen MR) is 87.0 cm³/mol. The Morgan fingerprint density at radius 3 is 2.24 bits per heavy atom. The van der Waals surface area contributed by atoms with Crippen molar-refractivity contribution in [2.75, 3.05) is 6.54 Å². The summed E-state index contributed by atoms with van der Waals surface area (Å²) in [7, 11) is 0. The van der Waals surface area contributed by atoms with Crippen molar-refractivity contribution in [1.29, 1.82) is 0 Å². The van der Waals surface area contributed by atoms with Gasteiger partial charge in [-0.2, -0.15) is 0 Å². The molecular formula is C16H20N2O7. The van der Waals surface area contributed by atoms with Gasteiger partial charge in [-0.1, -0.05) is 19.1 Å². The van der Waals surface area contributed by atoms with Crippen LogP contribution >= 0.6 is 0 Å². The van der Waals surface area contributed by atoms with Crippen LogP contribution in [0.15, 0.2) is 24.3 Å². The van der Waals surface area contributed by atoms with Gasteiger partial charge < -0.3 is 15.1 Å². The van der Waals surface area contributed by atoms with Gasteiger partial charge in [-0.3, -0.25) is 14.9 Å². The number of aliphatic carboxylic acids is 2. The number of rotatable bonds is 9. The number of hydrogen-bond donors (Lipinski definition) is 2. The molecule has 1 unspecified atom stereocenters. The lowest BCUT2D eigenvalue weighted by atomic mass is 9.94. The van der Waals surface area contributed by atoms with Crippen molar-refractivity contribution in [2.24, 2.45) is 5.92 Å². The minimum absolute atomic E-state index is 0.0759. The number of likely N-dealkylation sites (N-methyl/N-ethyl adjacent to an activating group) is 1. The van der Waals surface area contributed by atoms with Gasteiger partial charge in [-0.05, 0) is 25.3 Å². The van der Waals surface area contributed by atoms with E-state index in [1.165, 1.54) is 25.1 Å². The quantitative estimate of drug-likeness (QED) is 0.390. The summed E-state index contributed by atoms with van der Waals surface area (Å²) < 4.78 is 0. The SMILES string of the molecule is CCC(Cc1cccc([N+](=O)[O-])c1)C(=O)N(CC)C(C(=O)O)C(=O)O. The molecule has 9 nitrogen and oxygen atoms in total. The molecule has 0 aliphatic carbocycles. The summed E-state index contributed by atoms with van der Waals surface area (Å²) in [5.74, 6) is -4.52. The summed E-state index contributed by atoms with van der Waals surface area (Å²) in [5.41, 5.74) is 0.439. The molecule has 0 bridgehead atoms. The normalized spacial score (nSPS) is 11.8. The predicted octanol–water partition coefficient (Wildman–Crippen LogP) is 1.55. The van der Waals surface area contributed by atoms with E-state index in [9.17, 15) is 24.5 Å². The zero-order chi connectivity index (χ0) is 19.1. The second kappa shape index (κ2) is 8.76. The van der Waals surface area contributed by atoms with Crippen LogP contribution in [-0.2, 0) is 20.8 Å². The topological polar surface area (TPSA) is 138 Å². The monoisotopic (exact) mass is 352 g/mol. The molecule has 0 heterocycles. The second-order valence-corrected chi connectivity index (χ2v) is 5.44. The first-order valence-corrected chi connectivity index (χ1v) is 7.72. The van der Waals surface area contributed by atoms with Crippen LogP contribution in [0, 0.1) is 16.0 Å². The Kier molecular flexibility index (Phi) is 7.04. The largest absolute Gasteiger partial charge is 0.479 e. The molecular weight excluding hydrogens is 332 g/mol. The van der Waals surface area contributed by atoms with Gasteiger partial charge in [0.05, 0.1) is 4.92 Å². The number of nitro groups is 1. The Balaban J connectivity index is 3.06. The Labute approximate surface area is 144 Å². The summed E-state index contributed by atoms with van der Waals surface area (Å²) in [4.78, 5) is 46.1. The van der Waals surface area contributed by atoms with Crippen LogP contribution < -0.4 is 0 Å². The molecule has 1 atom stereocenters. The fourth-order valence-corrected chi connectivity index (χ4v) is 2.56. The number of non-ortho nitro benzene ring substituents is 1. The number of nitrogens with zero attached hydrogens (tertiary/aromatic N) is 2. The van der Waals surface area contributed by atoms with E-state index in [1.54, 1.807) is 13.0 Å². The fourth-order valence-electron chi connectivity index (χ4n) is 2.56. The highest BCUT2D eigenvalue weighted by Crippen LogP contribution is 2.20. The summed E-state index contributed by atoms with van der Waals surface area (Å²) in [6.07, 6.45) is 0.490. The molecule has 0 fully saturated rings. The van der Waals surface area contributed by atoms with Crippen molar-refractivity contribution in [3.05, 3.63) is 39.9 Å². The van der Waals surface area contributed by atoms with Gasteiger partial charge in [0.25, 0.3) is 5.69 Å². The summed E-state index contributed by atoms with van der Waals surface area (Å²) in [6, 6.07) is 3.84. The number of carboxylic acids is 2. The molecule has 9 heteroatoms. The van der Waals surface area contributed by atoms with E-state index in [2.05, 4.69) is 0 Å². The van der Waals surface area contributed by atoms with Crippen molar-refractivity contribution in [2.45, 2.75) is 32.7 Å². The van der Waals surface area contributed by atoms with E-state index < -0.39 is 34.7 Å². The van der Waals surface area contributed by atoms with Crippen molar-refractivity contribution in [1.82, 2.24) is 4.90 Å². The van der Waals surface area contributed by atoms with Gasteiger partial charge >= 0.3 is 11.9 Å². The first-order chi connectivity index (χ1) is 11.7. The van der Waals surface area contributed by atoms with Gasteiger partial charge in [0, 0.05) is 24.6 Å². The van der Waals surface area contributed by atoms with E-state index in [-0.39, 0.29) is 18.7 Å². The number of carbonyl (C=O) groups is 3. The van der Waals surface area contributed by atoms with Gasteiger partial charge in [-0.15, -0.1) is 0 Å². The molecule has 0 aromatic heterocycles. The maximum absolute atomic E-state index is 12.6. The molecule has 25 heavy (non-hydrogen) atoms. The van der Waals surface area contributed by atoms with Crippen LogP contribution in [0.3, 0.4) is 0 Å². The van der Waals surface area contributed by atoms with E-state index in [0.717, 1.165) is 4.90 Å². The first kappa shape index (κ1) is 20.1. The zero-order valence-corrected chi connectivity index (χ0v) is 13.9. The first-order valence-electron chi connectivity index (χ1n) is 7.72. The Morgan fingerprint density at radius 1 is 1.20 bits per heavy atom. The third kappa shape index (κ3) is 5.00. The third-order valence-electron chi connectivity index (χ3n) is 3.85. The average molecular weight is 352 g/mol. The number of amides is 1. The minimum Gasteiger partial charge on any atom is -0.479 e. The molecule has 0 aliphatic heterocycles. The molecule has 0 saturated heterocycles. The molecule has 1 aromatic carbocycles. The van der Waals surface area contributed by atoms with Gasteiger partial charge in [0.1, 0.15) is 0 Å². The van der Waals surface area contributed by atoms with Gasteiger partial charge in [0.2, 0.25) is 11.9 Å². The van der Waals surface area contributed by atoms with E-state index in [4.69, 9.17) is 10.2 Å². The Hall–Kier alpha value is -2.97. The van der Waals surface area contributed by atoms with Crippen molar-refractivity contribution in [3.8, 4) is 0 Å². The molecule has 0 radical (unpaired) electrons. The molecule has 0 spiro atoms. The van der Waals surface area contributed by atoms with E-state index in [0.29, 0.717) is 12.0 Å². The Bertz CT molecular complexity index is 660. The molecule has 1 amide bonds. The maximum Gasteiger partial charge on any atom is 0.338 e. The fraction of sp³-hybridized carbons (Fsp3) is 0.438. The Morgan fingerprint density at radius 2 is 1.80 bits per heavy atom. The number of nitro benzene ring substituents is 1. The second-order valence-electron chi connectivity index (χ2n) is 5.44. The number of benzene rings is 1. The number of carboxylic acid groups (broad SMARTS) is 2. The van der Waals surface area contributed by atoms with Crippen molar-refractivity contribution < 1.29 is 29.5 Å². The molecule has 2 N–H and O–H groups in total. The van der Waals surface area contributed by atoms with Crippen LogP contribution in [-0.4, -0.2) is 50.5 Å². The number of carbonyl (C=O) groups excluding carboxylic acids is 1. The summed E-state index contributed by atoms with van der Waals surface area (Å²) in [6.45, 7) is 3.13. The lowest BCUT2D eigenvalue weighted by Gasteiger charge is -2.28. The third-order valence-corrected chi connectivity index (χ3v) is 3.85. The zero-order valence-electron chi connectivity index (χ0n) is 13.9. The number of hydrogen-bond acceptors (Lipinski definition) is 5. The highest BCUT2D eigenvalue weighted by Gasteiger charge is 2.37. The van der Waals surface area contributed by atoms with Crippen LogP contribution in [0.25, 0.3) is 0 Å². The van der Waals surface area contributed by atoms with Gasteiger partial charge in [0.15, 0.2) is 0 Å². The molecule has 0 saturated carbocycles. The minimum atomic E-state index is -1.96. The standard InChI is InChI=1S/C16H20N2O7/c1-3-11(8-10-6-5-7-12(9-10)18(24)25)14(19)17(4-2)13(15(20)21)16(22)23/h5-7,9,11,13H,3-4,8H2,1-2H3,(H,20,21)(H,22,23). The molecule has 1 rings (SSSR count). The van der Waals surface area contributed by atoms with Crippen molar-refractivity contribution >= 4 is 23.5 Å². The van der Waals surface area contributed by atoms with Gasteiger partial charge in [-0.25, -0.2) is 9.59 Å². The molecule has 0 aliphatic rings. The van der Waals surface area contributed by atoms with Crippen LogP contribution in [0.5, 0.6) is 0 Å². The van der Waals surface area contributed by atoms with E-state index >= 15 is 0 Å². The summed E-state index contributed by atoms with van der Waals surface area (Å²) in [5, 5.41) is 29.0. The van der Waals surface area contributed by atoms with Crippen LogP contribution in [0.2, 0.25) is 0 Å². The van der Waals surface area contributed by atoms with Crippen molar-refractivity contribution in [3.63, 3.8) is 0 Å². The summed E-state index contributed by atoms with van der Waals surface area (Å²) >= 11 is 0. The highest BCUT2D eigenvalue weighted by molar-refractivity contribution is 6.01. The maximum atomic E-state index is 12.6. The lowest BCUT2D eigenvalue weighted by Crippen LogP contribution is -2.51. The smallest absolute Gasteiger partial charge is 0.338 e. The highest BCUT2D eigenvalue weighted by atomic mass is 16.6. The van der Waals surface area contributed by atoms with Crippen LogP contribution in [0.1, 0.15) is 25.8 Å². The lowest BCUT2D eigenvalue weighted by molar-refractivity contribution is -0.384. The molecule has 1 aromatic rings.